The summed E-state index contributed by atoms with van der Waals surface area (Å²) in [6.07, 6.45) is 3.28. The minimum Gasteiger partial charge on any atom is -0.358 e. The maximum absolute atomic E-state index is 11.6. The molecule has 0 atom stereocenters. The van der Waals surface area contributed by atoms with Crippen molar-refractivity contribution < 1.29 is 8.42 Å². The van der Waals surface area contributed by atoms with Crippen LogP contribution in [0.15, 0.2) is 64.4 Å². The largest absolute Gasteiger partial charge is 0.358 e. The van der Waals surface area contributed by atoms with Gasteiger partial charge in [0.25, 0.3) is 0 Å². The Bertz CT molecular complexity index is 971. The van der Waals surface area contributed by atoms with Crippen LogP contribution in [0.3, 0.4) is 0 Å². The minimum absolute atomic E-state index is 0.334. The number of benzene rings is 2. The van der Waals surface area contributed by atoms with Gasteiger partial charge < -0.3 is 4.98 Å². The van der Waals surface area contributed by atoms with Gasteiger partial charge in [-0.3, -0.25) is 0 Å². The fourth-order valence-corrected chi connectivity index (χ4v) is 3.79. The average Bonchev–Trinajstić information content (AvgIpc) is 2.96. The molecule has 1 heterocycles. The minimum atomic E-state index is -3.18. The zero-order valence-corrected chi connectivity index (χ0v) is 15.5. The van der Waals surface area contributed by atoms with Crippen molar-refractivity contribution in [3.63, 3.8) is 0 Å². The van der Waals surface area contributed by atoms with E-state index in [1.165, 1.54) is 11.2 Å². The topological polar surface area (TPSA) is 49.9 Å². The Balaban J connectivity index is 2.09. The summed E-state index contributed by atoms with van der Waals surface area (Å²) in [5.74, 6) is 0. The van der Waals surface area contributed by atoms with E-state index in [1.54, 1.807) is 23.9 Å². The third-order valence-corrected chi connectivity index (χ3v) is 5.76. The van der Waals surface area contributed by atoms with Crippen LogP contribution in [0.5, 0.6) is 0 Å². The smallest absolute Gasteiger partial charge is 0.175 e. The van der Waals surface area contributed by atoms with Gasteiger partial charge in [0.1, 0.15) is 0 Å². The molecule has 3 rings (SSSR count). The Kier molecular flexibility index (Phi) is 4.56. The van der Waals surface area contributed by atoms with Gasteiger partial charge in [0, 0.05) is 22.4 Å². The van der Waals surface area contributed by atoms with Crippen LogP contribution in [0.2, 0.25) is 0 Å². The van der Waals surface area contributed by atoms with E-state index in [-0.39, 0.29) is 0 Å². The lowest BCUT2D eigenvalue weighted by Crippen LogP contribution is -1.96. The third-order valence-electron chi connectivity index (χ3n) is 3.90. The van der Waals surface area contributed by atoms with Crippen LogP contribution in [-0.4, -0.2) is 25.9 Å². The van der Waals surface area contributed by atoms with Crippen molar-refractivity contribution in [1.82, 2.24) is 4.98 Å². The second kappa shape index (κ2) is 6.49. The van der Waals surface area contributed by atoms with Crippen LogP contribution < -0.4 is 0 Å². The van der Waals surface area contributed by atoms with Gasteiger partial charge in [-0.1, -0.05) is 24.3 Å². The van der Waals surface area contributed by atoms with Crippen molar-refractivity contribution in [2.24, 2.45) is 0 Å². The molecule has 0 saturated heterocycles. The highest BCUT2D eigenvalue weighted by Crippen LogP contribution is 2.34. The Morgan fingerprint density at radius 2 is 1.67 bits per heavy atom. The molecular formula is C19H19NO2S2. The maximum atomic E-state index is 11.6. The van der Waals surface area contributed by atoms with E-state index < -0.39 is 9.84 Å². The average molecular weight is 358 g/mol. The van der Waals surface area contributed by atoms with Crippen molar-refractivity contribution in [1.29, 1.82) is 0 Å². The van der Waals surface area contributed by atoms with Crippen molar-refractivity contribution in [2.45, 2.75) is 16.7 Å². The molecule has 1 aromatic heterocycles. The molecule has 0 fully saturated rings. The van der Waals surface area contributed by atoms with Crippen molar-refractivity contribution in [3.05, 3.63) is 60.3 Å². The second-order valence-electron chi connectivity index (χ2n) is 5.77. The van der Waals surface area contributed by atoms with Crippen LogP contribution in [0, 0.1) is 6.92 Å². The SMILES string of the molecule is CSc1cccc(-c2cc(C)[nH]c2-c2ccc(S(C)(=O)=O)cc2)c1. The van der Waals surface area contributed by atoms with E-state index in [9.17, 15) is 8.42 Å². The van der Waals surface area contributed by atoms with Crippen LogP contribution in [-0.2, 0) is 9.84 Å². The Hall–Kier alpha value is -1.98. The predicted molar refractivity (Wildman–Crippen MR) is 101 cm³/mol. The third kappa shape index (κ3) is 3.42. The first-order valence-corrected chi connectivity index (χ1v) is 10.6. The fraction of sp³-hybridized carbons (Fsp3) is 0.158. The molecule has 24 heavy (non-hydrogen) atoms. The van der Waals surface area contributed by atoms with Gasteiger partial charge in [0.05, 0.1) is 10.6 Å². The van der Waals surface area contributed by atoms with Gasteiger partial charge in [-0.2, -0.15) is 0 Å². The van der Waals surface area contributed by atoms with Crippen molar-refractivity contribution in [3.8, 4) is 22.4 Å². The first-order valence-electron chi connectivity index (χ1n) is 7.53. The molecule has 0 aliphatic carbocycles. The number of sulfone groups is 1. The monoisotopic (exact) mass is 357 g/mol. The number of aromatic amines is 1. The lowest BCUT2D eigenvalue weighted by atomic mass is 10.0. The molecule has 3 nitrogen and oxygen atoms in total. The summed E-state index contributed by atoms with van der Waals surface area (Å²) in [5, 5.41) is 0. The summed E-state index contributed by atoms with van der Waals surface area (Å²) in [6.45, 7) is 2.02. The lowest BCUT2D eigenvalue weighted by Gasteiger charge is -2.07. The van der Waals surface area contributed by atoms with Crippen LogP contribution in [0.25, 0.3) is 22.4 Å². The van der Waals surface area contributed by atoms with E-state index in [0.29, 0.717) is 4.90 Å². The van der Waals surface area contributed by atoms with Crippen LogP contribution in [0.1, 0.15) is 5.69 Å². The standard InChI is InChI=1S/C19H19NO2S2/c1-13-11-18(15-5-4-6-16(12-15)23-2)19(20-13)14-7-9-17(10-8-14)24(3,21)22/h4-12,20H,1-3H3. The van der Waals surface area contributed by atoms with E-state index >= 15 is 0 Å². The second-order valence-corrected chi connectivity index (χ2v) is 8.66. The molecule has 0 unspecified atom stereocenters. The summed E-state index contributed by atoms with van der Waals surface area (Å²) >= 11 is 1.71. The molecule has 0 aliphatic rings. The summed E-state index contributed by atoms with van der Waals surface area (Å²) in [5.41, 5.74) is 5.32. The van der Waals surface area contributed by atoms with E-state index in [0.717, 1.165) is 28.1 Å². The number of hydrogen-bond acceptors (Lipinski definition) is 3. The number of rotatable bonds is 4. The molecule has 3 aromatic rings. The summed E-state index contributed by atoms with van der Waals surface area (Å²) in [4.78, 5) is 4.95. The molecule has 0 radical (unpaired) electrons. The molecular weight excluding hydrogens is 338 g/mol. The summed E-state index contributed by atoms with van der Waals surface area (Å²) in [6, 6.07) is 17.5. The maximum Gasteiger partial charge on any atom is 0.175 e. The van der Waals surface area contributed by atoms with Gasteiger partial charge in [-0.05, 0) is 54.6 Å². The Morgan fingerprint density at radius 1 is 0.958 bits per heavy atom. The first kappa shape index (κ1) is 16.9. The number of nitrogens with one attached hydrogen (secondary N) is 1. The number of thioether (sulfide) groups is 1. The van der Waals surface area contributed by atoms with Crippen molar-refractivity contribution in [2.75, 3.05) is 12.5 Å². The molecule has 1 N–H and O–H groups in total. The molecule has 0 aliphatic heterocycles. The normalized spacial score (nSPS) is 11.6. The van der Waals surface area contributed by atoms with Gasteiger partial charge in [0.2, 0.25) is 0 Å². The lowest BCUT2D eigenvalue weighted by molar-refractivity contribution is 0.602. The number of hydrogen-bond donors (Lipinski definition) is 1. The van der Waals surface area contributed by atoms with Crippen LogP contribution >= 0.6 is 11.8 Å². The Morgan fingerprint density at radius 3 is 2.29 bits per heavy atom. The predicted octanol–water partition coefficient (Wildman–Crippen LogP) is 4.78. The fourth-order valence-electron chi connectivity index (χ4n) is 2.70. The van der Waals surface area contributed by atoms with Crippen LogP contribution in [0.4, 0.5) is 0 Å². The quantitative estimate of drug-likeness (QED) is 0.684. The highest BCUT2D eigenvalue weighted by atomic mass is 32.2. The summed E-state index contributed by atoms with van der Waals surface area (Å²) in [7, 11) is -3.18. The molecule has 0 saturated carbocycles. The highest BCUT2D eigenvalue weighted by molar-refractivity contribution is 7.98. The van der Waals surface area contributed by atoms with Crippen molar-refractivity contribution >= 4 is 21.6 Å². The first-order chi connectivity index (χ1) is 11.4. The summed E-state index contributed by atoms with van der Waals surface area (Å²) < 4.78 is 23.3. The zero-order chi connectivity index (χ0) is 17.3. The Labute approximate surface area is 147 Å². The van der Waals surface area contributed by atoms with Gasteiger partial charge in [0.15, 0.2) is 9.84 Å². The van der Waals surface area contributed by atoms with Gasteiger partial charge in [-0.15, -0.1) is 11.8 Å². The van der Waals surface area contributed by atoms with E-state index in [1.807, 2.05) is 19.1 Å². The molecule has 0 bridgehead atoms. The van der Waals surface area contributed by atoms with E-state index in [4.69, 9.17) is 0 Å². The molecule has 0 spiro atoms. The molecule has 0 amide bonds. The number of H-pyrrole nitrogens is 1. The molecule has 124 valence electrons. The van der Waals surface area contributed by atoms with E-state index in [2.05, 4.69) is 41.6 Å². The molecule has 5 heteroatoms. The zero-order valence-electron chi connectivity index (χ0n) is 13.8. The number of aryl methyl sites for hydroxylation is 1. The van der Waals surface area contributed by atoms with Gasteiger partial charge >= 0.3 is 0 Å². The van der Waals surface area contributed by atoms with Gasteiger partial charge in [-0.25, -0.2) is 8.42 Å². The highest BCUT2D eigenvalue weighted by Gasteiger charge is 2.13. The number of aromatic nitrogens is 1. The molecule has 2 aromatic carbocycles.